The summed E-state index contributed by atoms with van der Waals surface area (Å²) in [6.07, 6.45) is 6.32. The Morgan fingerprint density at radius 1 is 0.367 bits per heavy atom. The zero-order valence-corrected chi connectivity index (χ0v) is 69.4. The maximum absolute atomic E-state index is 12.5. The van der Waals surface area contributed by atoms with Gasteiger partial charge in [0.1, 0.15) is 0 Å². The molecule has 1 nitrogen and oxygen atoms in total. The van der Waals surface area contributed by atoms with Crippen LogP contribution in [0.2, 0.25) is 0 Å². The van der Waals surface area contributed by atoms with Crippen LogP contribution in [0.3, 0.4) is 0 Å². The highest BCUT2D eigenvalue weighted by Gasteiger charge is 2.48. The van der Waals surface area contributed by atoms with Crippen LogP contribution >= 0.6 is 56.7 Å². The molecule has 8 aromatic rings. The molecule has 12 heteroatoms. The van der Waals surface area contributed by atoms with E-state index in [4.69, 9.17) is 0 Å². The summed E-state index contributed by atoms with van der Waals surface area (Å²) < 4.78 is 76.5. The van der Waals surface area contributed by atoms with Crippen LogP contribution in [0.5, 0.6) is 0 Å². The van der Waals surface area contributed by atoms with E-state index in [1.807, 2.05) is 60.0 Å². The van der Waals surface area contributed by atoms with E-state index in [1.165, 1.54) is 177 Å². The standard InChI is InChI=1S/C17H26.C16H24.C13H17NS.2C10H13F3S.2C10H16S/c1-12-10-16(11-13(2)14(12)3)15-6-8-17(4,5)9-7-15;1-12-5-6-15(11-13(12)2)14-7-9-16(3,4)10-8-14;1-9-5-6-11-10(7-9)14-12(15-11)8-13(2,3)4;2*1-7-4-5-8(14-7)6-9(2,3)10(11,12)13;2*1-8-5-6-9(11-8)7-10(2,3)4/h10-11,15H,6-9H2,1-5H3;5-6,11,14H,7-10H2,1-4H3;5-7H,8H2,1-4H3;2*4-5H,6H2,1-3H3;2*5-6H,7H2,1-4H3. The van der Waals surface area contributed by atoms with Crippen LogP contribution in [0.4, 0.5) is 26.3 Å². The summed E-state index contributed by atoms with van der Waals surface area (Å²) in [6.45, 7) is 56.4. The van der Waals surface area contributed by atoms with Crippen molar-refractivity contribution in [1.82, 2.24) is 4.98 Å². The van der Waals surface area contributed by atoms with Crippen molar-refractivity contribution in [2.24, 2.45) is 37.9 Å². The Morgan fingerprint density at radius 2 is 0.704 bits per heavy atom. The van der Waals surface area contributed by atoms with Gasteiger partial charge in [-0.2, -0.15) is 26.3 Å². The van der Waals surface area contributed by atoms with Gasteiger partial charge in [-0.3, -0.25) is 0 Å². The normalized spacial score (nSPS) is 15.4. The molecule has 98 heavy (non-hydrogen) atoms. The number of halogens is 6. The van der Waals surface area contributed by atoms with Crippen LogP contribution in [0, 0.1) is 107 Å². The van der Waals surface area contributed by atoms with E-state index >= 15 is 0 Å². The lowest BCUT2D eigenvalue weighted by atomic mass is 9.71. The van der Waals surface area contributed by atoms with Gasteiger partial charge in [0.25, 0.3) is 0 Å². The van der Waals surface area contributed by atoms with E-state index in [-0.39, 0.29) is 12.8 Å². The van der Waals surface area contributed by atoms with Gasteiger partial charge in [0.2, 0.25) is 0 Å². The lowest BCUT2D eigenvalue weighted by Crippen LogP contribution is -2.33. The lowest BCUT2D eigenvalue weighted by Gasteiger charge is -2.34. The Morgan fingerprint density at radius 3 is 1.02 bits per heavy atom. The second-order valence-electron chi connectivity index (χ2n) is 35.0. The van der Waals surface area contributed by atoms with Gasteiger partial charge in [0.15, 0.2) is 0 Å². The monoisotopic (exact) mass is 1450 g/mol. The molecular weight excluding hydrogens is 1320 g/mol. The summed E-state index contributed by atoms with van der Waals surface area (Å²) in [5.74, 6) is 1.62. The lowest BCUT2D eigenvalue weighted by molar-refractivity contribution is -0.211. The SMILES string of the molecule is Cc1cc(C2CCC(C)(C)CC2)cc(C)c1C.Cc1ccc(C2CCC(C)(C)CC2)cc1C.Cc1ccc(CC(C)(C)C(F)(F)F)s1.Cc1ccc(CC(C)(C)C(F)(F)F)s1.Cc1ccc(CC(C)(C)C)s1.Cc1ccc(CC(C)(C)C)s1.Cc1ccc2sc(CC(C)(C)C)nc2c1. The van der Waals surface area contributed by atoms with Crippen molar-refractivity contribution < 1.29 is 26.3 Å². The Labute approximate surface area is 612 Å². The number of aryl methyl sites for hydroxylation is 9. The number of thiophene rings is 4. The summed E-state index contributed by atoms with van der Waals surface area (Å²) in [5, 5.41) is 1.25. The molecule has 0 saturated heterocycles. The van der Waals surface area contributed by atoms with E-state index in [0.717, 1.165) is 43.3 Å². The zero-order chi connectivity index (χ0) is 74.4. The zero-order valence-electron chi connectivity index (χ0n) is 65.3. The highest BCUT2D eigenvalue weighted by Crippen LogP contribution is 2.46. The molecule has 0 spiro atoms. The number of aromatic nitrogens is 1. The molecule has 2 aliphatic rings. The van der Waals surface area contributed by atoms with Crippen LogP contribution in [0.15, 0.2) is 97.1 Å². The predicted octanol–water partition coefficient (Wildman–Crippen LogP) is 30.1. The number of nitrogens with zero attached hydrogens (tertiary/aromatic N) is 1. The van der Waals surface area contributed by atoms with Crippen LogP contribution < -0.4 is 0 Å². The van der Waals surface area contributed by atoms with Crippen molar-refractivity contribution in [2.45, 2.75) is 295 Å². The third-order valence-corrected chi connectivity index (χ3v) is 23.8. The van der Waals surface area contributed by atoms with Gasteiger partial charge in [0.05, 0.1) is 26.1 Å². The van der Waals surface area contributed by atoms with Crippen LogP contribution in [-0.4, -0.2) is 17.3 Å². The third kappa shape index (κ3) is 30.9. The first-order chi connectivity index (χ1) is 44.7. The molecule has 546 valence electrons. The topological polar surface area (TPSA) is 12.9 Å². The van der Waals surface area contributed by atoms with Crippen molar-refractivity contribution in [3.05, 3.63) is 186 Å². The molecule has 2 aliphatic carbocycles. The molecule has 0 unspecified atom stereocenters. The molecule has 2 fully saturated rings. The number of rotatable bonds is 9. The Bertz CT molecular complexity index is 3530. The second-order valence-corrected chi connectivity index (χ2v) is 41.6. The quantitative estimate of drug-likeness (QED) is 0.131. The molecule has 3 aromatic carbocycles. The summed E-state index contributed by atoms with van der Waals surface area (Å²) in [5.41, 5.74) is 11.9. The van der Waals surface area contributed by atoms with E-state index < -0.39 is 23.2 Å². The predicted molar refractivity (Wildman–Crippen MR) is 424 cm³/mol. The summed E-state index contributed by atoms with van der Waals surface area (Å²) >= 11 is 8.51. The molecular formula is C86H125F6NS5. The van der Waals surface area contributed by atoms with Gasteiger partial charge >= 0.3 is 12.4 Å². The van der Waals surface area contributed by atoms with Gasteiger partial charge < -0.3 is 0 Å². The highest BCUT2D eigenvalue weighted by molar-refractivity contribution is 7.18. The fraction of sp³-hybridized carbons (Fsp3) is 0.593. The van der Waals surface area contributed by atoms with Crippen LogP contribution in [0.25, 0.3) is 10.2 Å². The van der Waals surface area contributed by atoms with Crippen LogP contribution in [-0.2, 0) is 32.1 Å². The number of benzene rings is 3. The number of thiazole rings is 1. The number of fused-ring (bicyclic) bond motifs is 1. The molecule has 0 atom stereocenters. The number of hydrogen-bond acceptors (Lipinski definition) is 6. The molecule has 0 radical (unpaired) electrons. The van der Waals surface area contributed by atoms with E-state index in [9.17, 15) is 26.3 Å². The summed E-state index contributed by atoms with van der Waals surface area (Å²) in [4.78, 5) is 14.2. The van der Waals surface area contributed by atoms with Crippen molar-refractivity contribution >= 4 is 66.9 Å². The van der Waals surface area contributed by atoms with Gasteiger partial charge in [0, 0.05) is 45.4 Å². The molecule has 2 saturated carbocycles. The van der Waals surface area contributed by atoms with Gasteiger partial charge in [-0.25, -0.2) is 4.98 Å². The minimum absolute atomic E-state index is 0.0645. The molecule has 0 amide bonds. The molecule has 0 bridgehead atoms. The summed E-state index contributed by atoms with van der Waals surface area (Å²) in [7, 11) is 0. The number of hydrogen-bond donors (Lipinski definition) is 0. The maximum Gasteiger partial charge on any atom is 0.394 e. The minimum atomic E-state index is -4.13. The first-order valence-electron chi connectivity index (χ1n) is 35.6. The third-order valence-electron chi connectivity index (χ3n) is 18.7. The smallest absolute Gasteiger partial charge is 0.241 e. The maximum atomic E-state index is 12.5. The van der Waals surface area contributed by atoms with E-state index in [1.54, 1.807) is 23.3 Å². The molecule has 10 rings (SSSR count). The van der Waals surface area contributed by atoms with Crippen molar-refractivity contribution in [1.29, 1.82) is 0 Å². The largest absolute Gasteiger partial charge is 0.394 e. The average Bonchev–Trinajstić information content (AvgIpc) is 1.09. The second kappa shape index (κ2) is 35.9. The Balaban J connectivity index is 0.000000244. The highest BCUT2D eigenvalue weighted by atomic mass is 32.1. The van der Waals surface area contributed by atoms with Gasteiger partial charge in [-0.15, -0.1) is 56.7 Å². The Kier molecular flexibility index (Phi) is 31.6. The van der Waals surface area contributed by atoms with Gasteiger partial charge in [-0.05, 0) is 290 Å². The molecule has 0 N–H and O–H groups in total. The average molecular weight is 1450 g/mol. The Hall–Kier alpha value is -4.07. The molecule has 0 aliphatic heterocycles. The first kappa shape index (κ1) is 86.3. The minimum Gasteiger partial charge on any atom is -0.241 e. The van der Waals surface area contributed by atoms with Crippen LogP contribution in [0.1, 0.15) is 269 Å². The van der Waals surface area contributed by atoms with Crippen molar-refractivity contribution in [3.63, 3.8) is 0 Å². The summed E-state index contributed by atoms with van der Waals surface area (Å²) in [6, 6.07) is 34.5. The van der Waals surface area contributed by atoms with E-state index in [0.29, 0.717) is 27.1 Å². The number of alkyl halides is 6. The fourth-order valence-electron chi connectivity index (χ4n) is 11.8. The van der Waals surface area contributed by atoms with Crippen molar-refractivity contribution in [3.8, 4) is 0 Å². The van der Waals surface area contributed by atoms with E-state index in [2.05, 4.69) is 223 Å². The first-order valence-corrected chi connectivity index (χ1v) is 39.6. The van der Waals surface area contributed by atoms with Crippen molar-refractivity contribution in [2.75, 3.05) is 0 Å². The molecule has 5 aromatic heterocycles. The van der Waals surface area contributed by atoms with Gasteiger partial charge in [-0.1, -0.05) is 154 Å². The molecule has 5 heterocycles. The fourth-order valence-corrected chi connectivity index (χ4v) is 17.7.